The standard InChI is InChI=1S/C18H28N4/c1-21-12-10-19-18(21)20-13-17-9-5-6-11-22(15-17)14-16-7-3-2-4-8-16/h2-4,7-8,17H,5-6,9-15H2,1H3,(H,19,20). The SMILES string of the molecule is CN1CCN=C1NCC1CCCCN(Cc2ccccc2)C1. The zero-order valence-corrected chi connectivity index (χ0v) is 13.7. The van der Waals surface area contributed by atoms with E-state index in [4.69, 9.17) is 0 Å². The van der Waals surface area contributed by atoms with Gasteiger partial charge in [-0.15, -0.1) is 0 Å². The second kappa shape index (κ2) is 7.63. The first kappa shape index (κ1) is 15.3. The largest absolute Gasteiger partial charge is 0.356 e. The van der Waals surface area contributed by atoms with Gasteiger partial charge in [-0.3, -0.25) is 9.89 Å². The van der Waals surface area contributed by atoms with Crippen molar-refractivity contribution in [2.45, 2.75) is 25.8 Å². The predicted molar refractivity (Wildman–Crippen MR) is 92.0 cm³/mol. The summed E-state index contributed by atoms with van der Waals surface area (Å²) in [5.74, 6) is 1.81. The molecule has 0 saturated carbocycles. The Kier molecular flexibility index (Phi) is 5.33. The van der Waals surface area contributed by atoms with Gasteiger partial charge in [-0.2, -0.15) is 0 Å². The molecule has 1 saturated heterocycles. The summed E-state index contributed by atoms with van der Waals surface area (Å²) >= 11 is 0. The molecule has 2 aliphatic heterocycles. The molecular weight excluding hydrogens is 272 g/mol. The Bertz CT molecular complexity index is 485. The van der Waals surface area contributed by atoms with Crippen molar-refractivity contribution in [3.05, 3.63) is 35.9 Å². The molecule has 4 nitrogen and oxygen atoms in total. The molecule has 1 N–H and O–H groups in total. The molecule has 1 atom stereocenters. The Morgan fingerprint density at radius 1 is 1.18 bits per heavy atom. The number of hydrogen-bond donors (Lipinski definition) is 1. The second-order valence-corrected chi connectivity index (χ2v) is 6.59. The summed E-state index contributed by atoms with van der Waals surface area (Å²) in [6, 6.07) is 10.8. The van der Waals surface area contributed by atoms with Crippen LogP contribution in [0.5, 0.6) is 0 Å². The molecule has 120 valence electrons. The van der Waals surface area contributed by atoms with Crippen LogP contribution in [0, 0.1) is 5.92 Å². The van der Waals surface area contributed by atoms with E-state index in [0.717, 1.165) is 38.1 Å². The van der Waals surface area contributed by atoms with Crippen LogP contribution in [0.4, 0.5) is 0 Å². The number of benzene rings is 1. The minimum atomic E-state index is 0.725. The molecule has 3 rings (SSSR count). The lowest BCUT2D eigenvalue weighted by Gasteiger charge is -2.25. The predicted octanol–water partition coefficient (Wildman–Crippen LogP) is 2.18. The van der Waals surface area contributed by atoms with Crippen LogP contribution >= 0.6 is 0 Å². The second-order valence-electron chi connectivity index (χ2n) is 6.59. The van der Waals surface area contributed by atoms with Gasteiger partial charge in [0.15, 0.2) is 5.96 Å². The van der Waals surface area contributed by atoms with E-state index in [1.54, 1.807) is 0 Å². The molecule has 0 spiro atoms. The van der Waals surface area contributed by atoms with Crippen LogP contribution in [-0.2, 0) is 6.54 Å². The van der Waals surface area contributed by atoms with Crippen LogP contribution in [0.1, 0.15) is 24.8 Å². The Morgan fingerprint density at radius 2 is 2.05 bits per heavy atom. The van der Waals surface area contributed by atoms with Gasteiger partial charge < -0.3 is 10.2 Å². The van der Waals surface area contributed by atoms with Gasteiger partial charge in [0.25, 0.3) is 0 Å². The molecule has 0 aromatic heterocycles. The fraction of sp³-hybridized carbons (Fsp3) is 0.611. The van der Waals surface area contributed by atoms with Crippen molar-refractivity contribution in [2.24, 2.45) is 10.9 Å². The summed E-state index contributed by atoms with van der Waals surface area (Å²) < 4.78 is 0. The van der Waals surface area contributed by atoms with Crippen molar-refractivity contribution in [3.63, 3.8) is 0 Å². The summed E-state index contributed by atoms with van der Waals surface area (Å²) in [5.41, 5.74) is 1.43. The monoisotopic (exact) mass is 300 g/mol. The first-order valence-electron chi connectivity index (χ1n) is 8.57. The van der Waals surface area contributed by atoms with E-state index in [0.29, 0.717) is 0 Å². The van der Waals surface area contributed by atoms with Gasteiger partial charge in [0.05, 0.1) is 6.54 Å². The van der Waals surface area contributed by atoms with E-state index < -0.39 is 0 Å². The van der Waals surface area contributed by atoms with Crippen molar-refractivity contribution in [1.82, 2.24) is 15.1 Å². The van der Waals surface area contributed by atoms with E-state index >= 15 is 0 Å². The van der Waals surface area contributed by atoms with E-state index in [-0.39, 0.29) is 0 Å². The van der Waals surface area contributed by atoms with E-state index in [1.165, 1.54) is 37.9 Å². The van der Waals surface area contributed by atoms with Gasteiger partial charge in [-0.25, -0.2) is 0 Å². The lowest BCUT2D eigenvalue weighted by Crippen LogP contribution is -2.40. The first-order valence-corrected chi connectivity index (χ1v) is 8.57. The smallest absolute Gasteiger partial charge is 0.193 e. The number of nitrogens with one attached hydrogen (secondary N) is 1. The fourth-order valence-corrected chi connectivity index (χ4v) is 3.43. The van der Waals surface area contributed by atoms with Crippen LogP contribution in [0.15, 0.2) is 35.3 Å². The highest BCUT2D eigenvalue weighted by molar-refractivity contribution is 5.81. The number of likely N-dealkylation sites (tertiary alicyclic amines) is 1. The normalized spacial score (nSPS) is 23.2. The number of hydrogen-bond acceptors (Lipinski definition) is 4. The third kappa shape index (κ3) is 4.23. The van der Waals surface area contributed by atoms with Gasteiger partial charge in [0, 0.05) is 33.2 Å². The molecule has 1 unspecified atom stereocenters. The molecule has 2 heterocycles. The fourth-order valence-electron chi connectivity index (χ4n) is 3.43. The van der Waals surface area contributed by atoms with Crippen LogP contribution < -0.4 is 5.32 Å². The third-order valence-electron chi connectivity index (χ3n) is 4.71. The highest BCUT2D eigenvalue weighted by Crippen LogP contribution is 2.18. The molecule has 1 aromatic carbocycles. The van der Waals surface area contributed by atoms with Crippen molar-refractivity contribution < 1.29 is 0 Å². The maximum absolute atomic E-state index is 4.53. The molecule has 0 aliphatic carbocycles. The number of aliphatic imine (C=N–C) groups is 1. The summed E-state index contributed by atoms with van der Waals surface area (Å²) in [5, 5.41) is 3.56. The molecule has 0 radical (unpaired) electrons. The Hall–Kier alpha value is -1.55. The summed E-state index contributed by atoms with van der Waals surface area (Å²) in [7, 11) is 2.12. The van der Waals surface area contributed by atoms with Crippen LogP contribution in [0.3, 0.4) is 0 Å². The lowest BCUT2D eigenvalue weighted by atomic mass is 10.0. The summed E-state index contributed by atoms with van der Waals surface area (Å²) in [4.78, 5) is 9.37. The molecule has 1 aromatic rings. The van der Waals surface area contributed by atoms with Crippen LogP contribution in [0.25, 0.3) is 0 Å². The Labute approximate surface area is 134 Å². The zero-order chi connectivity index (χ0) is 15.2. The van der Waals surface area contributed by atoms with E-state index in [2.05, 4.69) is 57.5 Å². The van der Waals surface area contributed by atoms with Crippen molar-refractivity contribution >= 4 is 5.96 Å². The molecule has 1 fully saturated rings. The summed E-state index contributed by atoms with van der Waals surface area (Å²) in [6.07, 6.45) is 4.00. The van der Waals surface area contributed by atoms with Gasteiger partial charge >= 0.3 is 0 Å². The number of rotatable bonds is 4. The Balaban J connectivity index is 1.51. The van der Waals surface area contributed by atoms with Gasteiger partial charge in [0.1, 0.15) is 0 Å². The first-order chi connectivity index (χ1) is 10.8. The molecule has 4 heteroatoms. The Morgan fingerprint density at radius 3 is 2.82 bits per heavy atom. The maximum Gasteiger partial charge on any atom is 0.193 e. The van der Waals surface area contributed by atoms with Gasteiger partial charge in [0.2, 0.25) is 0 Å². The zero-order valence-electron chi connectivity index (χ0n) is 13.7. The highest BCUT2D eigenvalue weighted by Gasteiger charge is 2.20. The molecule has 2 aliphatic rings. The third-order valence-corrected chi connectivity index (χ3v) is 4.71. The van der Waals surface area contributed by atoms with Crippen molar-refractivity contribution in [1.29, 1.82) is 0 Å². The van der Waals surface area contributed by atoms with Crippen LogP contribution in [-0.4, -0.2) is 55.5 Å². The molecule has 0 amide bonds. The minimum Gasteiger partial charge on any atom is -0.356 e. The van der Waals surface area contributed by atoms with Crippen molar-refractivity contribution in [3.8, 4) is 0 Å². The number of nitrogens with zero attached hydrogens (tertiary/aromatic N) is 3. The minimum absolute atomic E-state index is 0.725. The average molecular weight is 300 g/mol. The topological polar surface area (TPSA) is 30.9 Å². The molecular formula is C18H28N4. The van der Waals surface area contributed by atoms with E-state index in [1.807, 2.05) is 0 Å². The lowest BCUT2D eigenvalue weighted by molar-refractivity contribution is 0.240. The van der Waals surface area contributed by atoms with Crippen molar-refractivity contribution in [2.75, 3.05) is 39.8 Å². The average Bonchev–Trinajstić information content (AvgIpc) is 2.81. The van der Waals surface area contributed by atoms with Crippen LogP contribution in [0.2, 0.25) is 0 Å². The summed E-state index contributed by atoms with van der Waals surface area (Å²) in [6.45, 7) is 6.54. The van der Waals surface area contributed by atoms with Gasteiger partial charge in [-0.05, 0) is 30.9 Å². The molecule has 0 bridgehead atoms. The maximum atomic E-state index is 4.53. The van der Waals surface area contributed by atoms with E-state index in [9.17, 15) is 0 Å². The highest BCUT2D eigenvalue weighted by atomic mass is 15.3. The van der Waals surface area contributed by atoms with Gasteiger partial charge in [-0.1, -0.05) is 36.8 Å². The quantitative estimate of drug-likeness (QED) is 0.924. The number of likely N-dealkylation sites (N-methyl/N-ethyl adjacent to an activating group) is 1. The molecule has 22 heavy (non-hydrogen) atoms. The number of guanidine groups is 1.